The minimum atomic E-state index is 0.0536. The molecule has 0 radical (unpaired) electrons. The molecule has 3 nitrogen and oxygen atoms in total. The zero-order valence-electron chi connectivity index (χ0n) is 8.35. The second-order valence-electron chi connectivity index (χ2n) is 3.10. The fourth-order valence-corrected chi connectivity index (χ4v) is 1.89. The van der Waals surface area contributed by atoms with E-state index in [1.165, 1.54) is 23.9 Å². The van der Waals surface area contributed by atoms with Crippen molar-refractivity contribution in [2.24, 2.45) is 0 Å². The lowest BCUT2D eigenvalue weighted by atomic mass is 10.1. The zero-order valence-corrected chi connectivity index (χ0v) is 9.17. The van der Waals surface area contributed by atoms with Crippen LogP contribution in [0.15, 0.2) is 24.3 Å². The topological polar surface area (TPSA) is 57.5 Å². The van der Waals surface area contributed by atoms with Gasteiger partial charge in [-0.15, -0.1) is 0 Å². The molecule has 0 amide bonds. The summed E-state index contributed by atoms with van der Waals surface area (Å²) in [5.41, 5.74) is 0.615. The molecule has 82 valence electrons. The van der Waals surface area contributed by atoms with E-state index in [0.29, 0.717) is 17.7 Å². The molecule has 0 aromatic heterocycles. The third kappa shape index (κ3) is 4.36. The van der Waals surface area contributed by atoms with Gasteiger partial charge in [-0.05, 0) is 36.4 Å². The van der Waals surface area contributed by atoms with Gasteiger partial charge in [-0.1, -0.05) is 0 Å². The lowest BCUT2D eigenvalue weighted by molar-refractivity contribution is 0.102. The van der Waals surface area contributed by atoms with Crippen LogP contribution in [0.4, 0.5) is 0 Å². The van der Waals surface area contributed by atoms with Crippen LogP contribution >= 0.6 is 11.8 Å². The van der Waals surface area contributed by atoms with Crippen molar-refractivity contribution in [3.05, 3.63) is 29.8 Å². The van der Waals surface area contributed by atoms with Gasteiger partial charge in [0.1, 0.15) is 5.75 Å². The Hall–Kier alpha value is -1.00. The summed E-state index contributed by atoms with van der Waals surface area (Å²) in [6.07, 6.45) is 0.716. The van der Waals surface area contributed by atoms with Crippen LogP contribution in [0, 0.1) is 0 Å². The molecule has 0 atom stereocenters. The molecule has 2 N–H and O–H groups in total. The number of aliphatic hydroxyl groups is 1. The molecular formula is C11H14O3S. The van der Waals surface area contributed by atoms with E-state index in [9.17, 15) is 4.79 Å². The first-order valence-electron chi connectivity index (χ1n) is 4.75. The number of phenols is 1. The van der Waals surface area contributed by atoms with E-state index in [1.54, 1.807) is 12.1 Å². The highest BCUT2D eigenvalue weighted by Crippen LogP contribution is 2.12. The maximum Gasteiger partial charge on any atom is 0.172 e. The second kappa shape index (κ2) is 6.48. The predicted octanol–water partition coefficient (Wildman–Crippen LogP) is 1.69. The Morgan fingerprint density at radius 1 is 1.27 bits per heavy atom. The summed E-state index contributed by atoms with van der Waals surface area (Å²) in [5.74, 6) is 1.43. The van der Waals surface area contributed by atoms with Gasteiger partial charge < -0.3 is 10.2 Å². The van der Waals surface area contributed by atoms with Gasteiger partial charge in [-0.2, -0.15) is 11.8 Å². The first-order valence-corrected chi connectivity index (χ1v) is 5.90. The molecule has 0 heterocycles. The van der Waals surface area contributed by atoms with E-state index in [0.717, 1.165) is 5.75 Å². The van der Waals surface area contributed by atoms with Crippen molar-refractivity contribution in [1.29, 1.82) is 0 Å². The van der Waals surface area contributed by atoms with Gasteiger partial charge >= 0.3 is 0 Å². The Labute approximate surface area is 93.1 Å². The Kier molecular flexibility index (Phi) is 5.21. The van der Waals surface area contributed by atoms with Crippen molar-refractivity contribution in [3.8, 4) is 5.75 Å². The summed E-state index contributed by atoms with van der Waals surface area (Å²) in [5, 5.41) is 17.6. The summed E-state index contributed by atoms with van der Waals surface area (Å²) in [7, 11) is 0. The van der Waals surface area contributed by atoms with Crippen LogP contribution in [-0.2, 0) is 0 Å². The van der Waals surface area contributed by atoms with Crippen LogP contribution in [0.3, 0.4) is 0 Å². The standard InChI is InChI=1S/C11H14O3S/c12-6-1-7-15-8-11(14)9-2-4-10(13)5-3-9/h2-5,12-13H,1,6-8H2. The van der Waals surface area contributed by atoms with E-state index < -0.39 is 0 Å². The van der Waals surface area contributed by atoms with Crippen LogP contribution in [-0.4, -0.2) is 34.1 Å². The van der Waals surface area contributed by atoms with E-state index in [4.69, 9.17) is 10.2 Å². The molecule has 0 spiro atoms. The monoisotopic (exact) mass is 226 g/mol. The van der Waals surface area contributed by atoms with Crippen molar-refractivity contribution in [2.75, 3.05) is 18.1 Å². The predicted molar refractivity (Wildman–Crippen MR) is 61.5 cm³/mol. The van der Waals surface area contributed by atoms with Crippen molar-refractivity contribution >= 4 is 17.5 Å². The van der Waals surface area contributed by atoms with E-state index in [-0.39, 0.29) is 18.1 Å². The zero-order chi connectivity index (χ0) is 11.1. The highest BCUT2D eigenvalue weighted by atomic mass is 32.2. The molecule has 4 heteroatoms. The maximum absolute atomic E-state index is 11.6. The highest BCUT2D eigenvalue weighted by Gasteiger charge is 2.05. The average molecular weight is 226 g/mol. The van der Waals surface area contributed by atoms with Crippen LogP contribution in [0.2, 0.25) is 0 Å². The number of ketones is 1. The molecule has 0 saturated carbocycles. The normalized spacial score (nSPS) is 10.2. The van der Waals surface area contributed by atoms with E-state index in [2.05, 4.69) is 0 Å². The number of carbonyl (C=O) groups excluding carboxylic acids is 1. The Morgan fingerprint density at radius 3 is 2.53 bits per heavy atom. The Bertz CT molecular complexity index is 308. The fraction of sp³-hybridized carbons (Fsp3) is 0.364. The number of benzene rings is 1. The number of rotatable bonds is 6. The third-order valence-corrected chi connectivity index (χ3v) is 2.91. The van der Waals surface area contributed by atoms with Gasteiger partial charge in [0.05, 0.1) is 5.75 Å². The van der Waals surface area contributed by atoms with Crippen molar-refractivity contribution < 1.29 is 15.0 Å². The van der Waals surface area contributed by atoms with Gasteiger partial charge in [-0.25, -0.2) is 0 Å². The SMILES string of the molecule is O=C(CSCCCO)c1ccc(O)cc1. The third-order valence-electron chi connectivity index (χ3n) is 1.87. The number of thioether (sulfide) groups is 1. The number of phenolic OH excluding ortho intramolecular Hbond substituents is 1. The molecule has 0 saturated heterocycles. The van der Waals surface area contributed by atoms with Crippen LogP contribution in [0.5, 0.6) is 5.75 Å². The Morgan fingerprint density at radius 2 is 1.93 bits per heavy atom. The lowest BCUT2D eigenvalue weighted by Gasteiger charge is -2.00. The quantitative estimate of drug-likeness (QED) is 0.572. The molecule has 0 bridgehead atoms. The van der Waals surface area contributed by atoms with Crippen LogP contribution in [0.1, 0.15) is 16.8 Å². The number of carbonyl (C=O) groups is 1. The average Bonchev–Trinajstić information content (AvgIpc) is 2.25. The molecule has 1 aromatic carbocycles. The minimum Gasteiger partial charge on any atom is -0.508 e. The number of aromatic hydroxyl groups is 1. The number of Topliss-reactive ketones (excluding diaryl/α,β-unsaturated/α-hetero) is 1. The lowest BCUT2D eigenvalue weighted by Crippen LogP contribution is -2.02. The molecule has 0 aliphatic carbocycles. The number of hydrogen-bond acceptors (Lipinski definition) is 4. The van der Waals surface area contributed by atoms with Crippen molar-refractivity contribution in [2.45, 2.75) is 6.42 Å². The molecule has 15 heavy (non-hydrogen) atoms. The van der Waals surface area contributed by atoms with Gasteiger partial charge in [0.15, 0.2) is 5.78 Å². The van der Waals surface area contributed by atoms with Crippen LogP contribution in [0.25, 0.3) is 0 Å². The highest BCUT2D eigenvalue weighted by molar-refractivity contribution is 7.99. The van der Waals surface area contributed by atoms with Crippen molar-refractivity contribution in [1.82, 2.24) is 0 Å². The van der Waals surface area contributed by atoms with Gasteiger partial charge in [0.25, 0.3) is 0 Å². The summed E-state index contributed by atoms with van der Waals surface area (Å²) >= 11 is 1.51. The molecule has 0 aliphatic rings. The molecule has 1 aromatic rings. The molecular weight excluding hydrogens is 212 g/mol. The van der Waals surface area contributed by atoms with Gasteiger partial charge in [0, 0.05) is 12.2 Å². The molecule has 0 aliphatic heterocycles. The fourth-order valence-electron chi connectivity index (χ4n) is 1.06. The number of aliphatic hydroxyl groups excluding tert-OH is 1. The van der Waals surface area contributed by atoms with Crippen molar-refractivity contribution in [3.63, 3.8) is 0 Å². The molecule has 0 unspecified atom stereocenters. The van der Waals surface area contributed by atoms with Gasteiger partial charge in [-0.3, -0.25) is 4.79 Å². The molecule has 0 fully saturated rings. The second-order valence-corrected chi connectivity index (χ2v) is 4.20. The number of hydrogen-bond donors (Lipinski definition) is 2. The Balaban J connectivity index is 2.37. The smallest absolute Gasteiger partial charge is 0.172 e. The summed E-state index contributed by atoms with van der Waals surface area (Å²) in [6, 6.07) is 6.24. The van der Waals surface area contributed by atoms with Crippen LogP contribution < -0.4 is 0 Å². The van der Waals surface area contributed by atoms with Gasteiger partial charge in [0.2, 0.25) is 0 Å². The largest absolute Gasteiger partial charge is 0.508 e. The van der Waals surface area contributed by atoms with E-state index in [1.807, 2.05) is 0 Å². The minimum absolute atomic E-state index is 0.0536. The summed E-state index contributed by atoms with van der Waals surface area (Å²) < 4.78 is 0. The molecule has 1 rings (SSSR count). The van der Waals surface area contributed by atoms with E-state index >= 15 is 0 Å². The summed E-state index contributed by atoms with van der Waals surface area (Å²) in [4.78, 5) is 11.6. The maximum atomic E-state index is 11.6. The first kappa shape index (κ1) is 12.1. The first-order chi connectivity index (χ1) is 7.24. The summed E-state index contributed by atoms with van der Waals surface area (Å²) in [6.45, 7) is 0.167.